The highest BCUT2D eigenvalue weighted by Gasteiger charge is 2.48. The van der Waals surface area contributed by atoms with Crippen molar-refractivity contribution in [3.8, 4) is 11.9 Å². The molecule has 4 atom stereocenters. The van der Waals surface area contributed by atoms with E-state index >= 15 is 0 Å². The number of imidazole rings is 1. The van der Waals surface area contributed by atoms with Crippen molar-refractivity contribution in [3.63, 3.8) is 0 Å². The highest BCUT2D eigenvalue weighted by atomic mass is 35.5. The first-order valence-electron chi connectivity index (χ1n) is 11.8. The van der Waals surface area contributed by atoms with E-state index in [-0.39, 0.29) is 53.9 Å². The molecule has 3 aromatic rings. The first-order valence-corrected chi connectivity index (χ1v) is 12.2. The zero-order valence-corrected chi connectivity index (χ0v) is 19.8. The molecule has 0 amide bonds. The van der Waals surface area contributed by atoms with E-state index in [1.54, 1.807) is 6.07 Å². The molecule has 0 bridgehead atoms. The minimum atomic E-state index is -0.688. The van der Waals surface area contributed by atoms with Crippen molar-refractivity contribution in [1.29, 1.82) is 0 Å². The zero-order valence-electron chi connectivity index (χ0n) is 19.1. The molecule has 3 aliphatic heterocycles. The van der Waals surface area contributed by atoms with E-state index in [4.69, 9.17) is 35.3 Å². The van der Waals surface area contributed by atoms with E-state index in [0.717, 1.165) is 12.8 Å². The van der Waals surface area contributed by atoms with Crippen LogP contribution in [0.4, 0.5) is 8.78 Å². The fraction of sp³-hybridized carbons (Fsp3) is 0.500. The summed E-state index contributed by atoms with van der Waals surface area (Å²) in [5.74, 6) is -1.30. The molecule has 12 heteroatoms. The van der Waals surface area contributed by atoms with E-state index in [0.29, 0.717) is 24.3 Å². The van der Waals surface area contributed by atoms with Gasteiger partial charge < -0.3 is 33.8 Å². The molecule has 3 fully saturated rings. The molecule has 0 aliphatic carbocycles. The molecular weight excluding hydrogens is 500 g/mol. The van der Waals surface area contributed by atoms with Crippen LogP contribution in [-0.4, -0.2) is 70.9 Å². The number of rotatable bonds is 6. The van der Waals surface area contributed by atoms with Crippen molar-refractivity contribution in [2.75, 3.05) is 26.4 Å². The molecule has 0 radical (unpaired) electrons. The molecule has 3 saturated heterocycles. The second kappa shape index (κ2) is 9.71. The number of benzene rings is 1. The van der Waals surface area contributed by atoms with Crippen LogP contribution in [0.2, 0.25) is 5.02 Å². The zero-order chi connectivity index (χ0) is 24.8. The fourth-order valence-corrected chi connectivity index (χ4v) is 5.10. The maximum Gasteiger partial charge on any atom is 0.296 e. The van der Waals surface area contributed by atoms with Crippen molar-refractivity contribution in [1.82, 2.24) is 15.0 Å². The summed E-state index contributed by atoms with van der Waals surface area (Å²) in [4.78, 5) is 11.6. The van der Waals surface area contributed by atoms with Crippen LogP contribution in [0.5, 0.6) is 11.9 Å². The number of aromatic amines is 1. The standard InChI is InChI=1S/C24H24ClF2N3O6/c25-14-7-17-22(30-24(28-17)36-19-10-34-20-18(31)9-33-21(19)20)29-23(14)35-8-13-15(26)5-12(6-16(13)27)11-1-3-32-4-2-11/h5-7,11,18-21,31H,1-4,8-10H2,(H,28,29,30)/t18-,19-,20?,21?/m1/s1. The molecule has 0 saturated carbocycles. The molecule has 3 aliphatic rings. The van der Waals surface area contributed by atoms with Gasteiger partial charge in [-0.2, -0.15) is 9.97 Å². The molecular formula is C24H24ClF2N3O6. The number of pyridine rings is 1. The van der Waals surface area contributed by atoms with Gasteiger partial charge in [0.25, 0.3) is 6.01 Å². The third kappa shape index (κ3) is 4.50. The molecule has 6 rings (SSSR count). The van der Waals surface area contributed by atoms with Gasteiger partial charge in [0.05, 0.1) is 24.3 Å². The van der Waals surface area contributed by atoms with E-state index in [1.807, 2.05) is 0 Å². The second-order valence-electron chi connectivity index (χ2n) is 9.15. The van der Waals surface area contributed by atoms with Gasteiger partial charge in [-0.05, 0) is 42.5 Å². The van der Waals surface area contributed by atoms with Crippen LogP contribution in [0.1, 0.15) is 29.9 Å². The second-order valence-corrected chi connectivity index (χ2v) is 9.55. The number of ether oxygens (including phenoxy) is 5. The number of nitrogens with zero attached hydrogens (tertiary/aromatic N) is 2. The number of aliphatic hydroxyl groups is 1. The summed E-state index contributed by atoms with van der Waals surface area (Å²) in [6.45, 7) is 1.21. The highest BCUT2D eigenvalue weighted by Crippen LogP contribution is 2.33. The predicted octanol–water partition coefficient (Wildman–Crippen LogP) is 3.27. The number of aliphatic hydroxyl groups excluding tert-OH is 1. The molecule has 1 aromatic carbocycles. The number of H-pyrrole nitrogens is 1. The smallest absolute Gasteiger partial charge is 0.296 e. The first-order chi connectivity index (χ1) is 17.5. The Bertz CT molecular complexity index is 1250. The molecule has 2 N–H and O–H groups in total. The topological polar surface area (TPSA) is 108 Å². The lowest BCUT2D eigenvalue weighted by Crippen LogP contribution is -2.34. The molecule has 2 aromatic heterocycles. The Kier molecular flexibility index (Phi) is 6.42. The van der Waals surface area contributed by atoms with Gasteiger partial charge in [0.15, 0.2) is 11.8 Å². The fourth-order valence-electron chi connectivity index (χ4n) is 4.89. The number of nitrogens with one attached hydrogen (secondary N) is 1. The summed E-state index contributed by atoms with van der Waals surface area (Å²) in [5.41, 5.74) is 1.16. The van der Waals surface area contributed by atoms with Gasteiger partial charge >= 0.3 is 0 Å². The summed E-state index contributed by atoms with van der Waals surface area (Å²) < 4.78 is 57.4. The van der Waals surface area contributed by atoms with Crippen LogP contribution in [0.15, 0.2) is 18.2 Å². The normalized spacial score (nSPS) is 26.4. The number of hydrogen-bond donors (Lipinski definition) is 2. The van der Waals surface area contributed by atoms with Crippen molar-refractivity contribution in [2.24, 2.45) is 0 Å². The lowest BCUT2D eigenvalue weighted by molar-refractivity contribution is 0.00706. The molecule has 192 valence electrons. The number of aromatic nitrogens is 3. The Balaban J connectivity index is 1.16. The number of halogens is 3. The molecule has 2 unspecified atom stereocenters. The van der Waals surface area contributed by atoms with Crippen LogP contribution in [0, 0.1) is 11.6 Å². The average Bonchev–Trinajstić information content (AvgIpc) is 3.55. The Morgan fingerprint density at radius 2 is 1.81 bits per heavy atom. The SMILES string of the molecule is O[C@@H]1COC2C1OC[C@H]2Oc1nc2nc(OCc3c(F)cc(C4CCOCC4)cc3F)c(Cl)cc2[nH]1. The summed E-state index contributed by atoms with van der Waals surface area (Å²) >= 11 is 6.30. The number of fused-ring (bicyclic) bond motifs is 2. The third-order valence-electron chi connectivity index (χ3n) is 6.83. The van der Waals surface area contributed by atoms with Gasteiger partial charge in [-0.15, -0.1) is 0 Å². The minimum absolute atomic E-state index is 0.0129. The van der Waals surface area contributed by atoms with E-state index in [2.05, 4.69) is 15.0 Å². The van der Waals surface area contributed by atoms with Gasteiger partial charge in [-0.25, -0.2) is 8.78 Å². The Morgan fingerprint density at radius 1 is 1.06 bits per heavy atom. The number of hydrogen-bond acceptors (Lipinski definition) is 8. The summed E-state index contributed by atoms with van der Waals surface area (Å²) in [7, 11) is 0. The predicted molar refractivity (Wildman–Crippen MR) is 122 cm³/mol. The molecule has 9 nitrogen and oxygen atoms in total. The monoisotopic (exact) mass is 523 g/mol. The highest BCUT2D eigenvalue weighted by molar-refractivity contribution is 6.32. The van der Waals surface area contributed by atoms with E-state index < -0.39 is 36.1 Å². The summed E-state index contributed by atoms with van der Waals surface area (Å²) in [5, 5.41) is 10.0. The Morgan fingerprint density at radius 3 is 2.58 bits per heavy atom. The Labute approximate surface area is 209 Å². The maximum atomic E-state index is 14.8. The van der Waals surface area contributed by atoms with Gasteiger partial charge in [-0.3, -0.25) is 0 Å². The quantitative estimate of drug-likeness (QED) is 0.507. The van der Waals surface area contributed by atoms with Crippen LogP contribution in [0.25, 0.3) is 11.2 Å². The van der Waals surface area contributed by atoms with Crippen molar-refractivity contribution in [3.05, 3.63) is 46.0 Å². The maximum absolute atomic E-state index is 14.8. The van der Waals surface area contributed by atoms with Crippen LogP contribution in [0.3, 0.4) is 0 Å². The van der Waals surface area contributed by atoms with Crippen molar-refractivity contribution >= 4 is 22.8 Å². The third-order valence-corrected chi connectivity index (χ3v) is 7.10. The lowest BCUT2D eigenvalue weighted by Gasteiger charge is -2.23. The first kappa shape index (κ1) is 23.8. The minimum Gasteiger partial charge on any atom is -0.471 e. The van der Waals surface area contributed by atoms with Crippen LogP contribution < -0.4 is 9.47 Å². The summed E-state index contributed by atoms with van der Waals surface area (Å²) in [6, 6.07) is 4.44. The van der Waals surface area contributed by atoms with E-state index in [1.165, 1.54) is 12.1 Å². The van der Waals surface area contributed by atoms with Gasteiger partial charge in [0.2, 0.25) is 5.88 Å². The van der Waals surface area contributed by atoms with Gasteiger partial charge in [0, 0.05) is 13.2 Å². The molecule has 0 spiro atoms. The van der Waals surface area contributed by atoms with Crippen LogP contribution >= 0.6 is 11.6 Å². The van der Waals surface area contributed by atoms with E-state index in [9.17, 15) is 13.9 Å². The van der Waals surface area contributed by atoms with Crippen molar-refractivity contribution in [2.45, 2.75) is 49.8 Å². The lowest BCUT2D eigenvalue weighted by atomic mass is 9.91. The molecule has 36 heavy (non-hydrogen) atoms. The average molecular weight is 524 g/mol. The van der Waals surface area contributed by atoms with Gasteiger partial charge in [0.1, 0.15) is 41.6 Å². The molecule has 5 heterocycles. The Hall–Kier alpha value is -2.57. The summed E-state index contributed by atoms with van der Waals surface area (Å²) in [6.07, 6.45) is -0.507. The van der Waals surface area contributed by atoms with Crippen molar-refractivity contribution < 1.29 is 37.6 Å². The van der Waals surface area contributed by atoms with Gasteiger partial charge in [-0.1, -0.05) is 11.6 Å². The largest absolute Gasteiger partial charge is 0.471 e. The van der Waals surface area contributed by atoms with Crippen LogP contribution in [-0.2, 0) is 20.8 Å².